The number of benzene rings is 2. The lowest BCUT2D eigenvalue weighted by Gasteiger charge is -2.22. The zero-order valence-electron chi connectivity index (χ0n) is 20.4. The van der Waals surface area contributed by atoms with E-state index in [1.807, 2.05) is 19.9 Å². The summed E-state index contributed by atoms with van der Waals surface area (Å²) in [6, 6.07) is 8.40. The molecule has 0 amide bonds. The predicted molar refractivity (Wildman–Crippen MR) is 142 cm³/mol. The molecule has 2 nitrogen and oxygen atoms in total. The van der Waals surface area contributed by atoms with E-state index in [1.54, 1.807) is 0 Å². The van der Waals surface area contributed by atoms with Crippen LogP contribution in [0.1, 0.15) is 78.5 Å². The molecule has 0 heterocycles. The molecule has 0 spiro atoms. The number of halogens is 3. The highest BCUT2D eigenvalue weighted by atomic mass is 79.9. The highest BCUT2D eigenvalue weighted by Crippen LogP contribution is 2.38. The van der Waals surface area contributed by atoms with Crippen molar-refractivity contribution >= 4 is 43.5 Å². The topological polar surface area (TPSA) is 18.5 Å². The van der Waals surface area contributed by atoms with E-state index in [0.717, 1.165) is 26.7 Å². The van der Waals surface area contributed by atoms with Gasteiger partial charge in [0.2, 0.25) is 0 Å². The number of hydrogen-bond acceptors (Lipinski definition) is 2. The summed E-state index contributed by atoms with van der Waals surface area (Å²) in [5.41, 5.74) is 3.73. The first-order chi connectivity index (χ1) is 14.3. The van der Waals surface area contributed by atoms with Crippen molar-refractivity contribution in [2.45, 2.75) is 79.6 Å². The molecule has 0 radical (unpaired) electrons. The van der Waals surface area contributed by atoms with Crippen molar-refractivity contribution in [2.75, 3.05) is 13.2 Å². The zero-order chi connectivity index (χ0) is 24.0. The molecule has 0 aromatic heterocycles. The highest BCUT2D eigenvalue weighted by Gasteiger charge is 2.19. The van der Waals surface area contributed by atoms with Crippen molar-refractivity contribution < 1.29 is 9.47 Å². The Morgan fingerprint density at radius 3 is 1.58 bits per heavy atom. The maximum Gasteiger partial charge on any atom is 0.152 e. The third-order valence-corrected chi connectivity index (χ3v) is 6.20. The molecule has 0 unspecified atom stereocenters. The summed E-state index contributed by atoms with van der Waals surface area (Å²) in [6.07, 6.45) is 0.761. The minimum Gasteiger partial charge on any atom is -0.492 e. The molecule has 0 fully saturated rings. The third kappa shape index (κ3) is 8.29. The Bertz CT molecular complexity index is 747. The Balaban J connectivity index is 0.00000233. The van der Waals surface area contributed by atoms with Gasteiger partial charge in [-0.25, -0.2) is 0 Å². The molecule has 5 heteroatoms. The van der Waals surface area contributed by atoms with E-state index < -0.39 is 0 Å². The molecule has 0 bridgehead atoms. The van der Waals surface area contributed by atoms with Crippen molar-refractivity contribution in [3.05, 3.63) is 54.9 Å². The lowest BCUT2D eigenvalue weighted by atomic mass is 9.86. The van der Waals surface area contributed by atoms with E-state index in [2.05, 4.69) is 98.5 Å². The Labute approximate surface area is 211 Å². The third-order valence-electron chi connectivity index (χ3n) is 4.74. The van der Waals surface area contributed by atoms with Gasteiger partial charge in [0.05, 0.1) is 27.2 Å². The van der Waals surface area contributed by atoms with E-state index in [0.29, 0.717) is 24.0 Å². The second kappa shape index (κ2) is 12.0. The van der Waals surface area contributed by atoms with Crippen LogP contribution in [-0.4, -0.2) is 13.2 Å². The molecule has 31 heavy (non-hydrogen) atoms. The van der Waals surface area contributed by atoms with E-state index in [9.17, 15) is 0 Å². The highest BCUT2D eigenvalue weighted by molar-refractivity contribution is 9.10. The first-order valence-electron chi connectivity index (χ1n) is 10.9. The van der Waals surface area contributed by atoms with Crippen molar-refractivity contribution in [1.82, 2.24) is 0 Å². The van der Waals surface area contributed by atoms with Gasteiger partial charge in [-0.2, -0.15) is 0 Å². The predicted octanol–water partition coefficient (Wildman–Crippen LogP) is 9.64. The minimum absolute atomic E-state index is 0.0340. The van der Waals surface area contributed by atoms with Crippen molar-refractivity contribution in [2.24, 2.45) is 0 Å². The van der Waals surface area contributed by atoms with Crippen molar-refractivity contribution in [3.8, 4) is 11.5 Å². The second-order valence-electron chi connectivity index (χ2n) is 9.42. The van der Waals surface area contributed by atoms with Crippen LogP contribution in [0.3, 0.4) is 0 Å². The summed E-state index contributed by atoms with van der Waals surface area (Å²) in [4.78, 5) is 0. The summed E-state index contributed by atoms with van der Waals surface area (Å²) >= 11 is 13.7. The standard InChI is InChI=1S/C24H31Br2ClO2.C2H6/c1-15-11-16(23(2,3)4)12-18(25)21(15)28-9-8-10-29-22-19(26)13-17(14-20(22)27)24(5,6)7;1-2/h11-14H,8-10H2,1-7H3;1-2H3. The molecule has 174 valence electrons. The fraction of sp³-hybridized carbons (Fsp3) is 0.538. The van der Waals surface area contributed by atoms with Gasteiger partial charge in [0.15, 0.2) is 5.75 Å². The van der Waals surface area contributed by atoms with Gasteiger partial charge in [-0.05, 0) is 84.5 Å². The molecule has 2 aromatic carbocycles. The SMILES string of the molecule is CC.Cc1cc(C(C)(C)C)cc(Br)c1OCCCOc1c(Cl)cc(C(C)(C)C)cc1Br. The zero-order valence-corrected chi connectivity index (χ0v) is 24.3. The summed E-state index contributed by atoms with van der Waals surface area (Å²) in [7, 11) is 0. The molecule has 2 rings (SSSR count). The smallest absolute Gasteiger partial charge is 0.152 e. The molecule has 0 saturated carbocycles. The number of ether oxygens (including phenoxy) is 2. The van der Waals surface area contributed by atoms with Crippen LogP contribution in [-0.2, 0) is 10.8 Å². The Kier molecular flexibility index (Phi) is 10.9. The maximum absolute atomic E-state index is 6.45. The quantitative estimate of drug-likeness (QED) is 0.319. The first kappa shape index (κ1) is 28.3. The molecular weight excluding hydrogens is 540 g/mol. The summed E-state index contributed by atoms with van der Waals surface area (Å²) < 4.78 is 13.8. The molecule has 0 aliphatic rings. The van der Waals surface area contributed by atoms with Crippen LogP contribution < -0.4 is 9.47 Å². The normalized spacial score (nSPS) is 11.6. The fourth-order valence-electron chi connectivity index (χ4n) is 2.88. The number of rotatable bonds is 6. The molecule has 0 atom stereocenters. The Hall–Kier alpha value is -0.710. The van der Waals surface area contributed by atoms with Crippen molar-refractivity contribution in [3.63, 3.8) is 0 Å². The monoisotopic (exact) mass is 574 g/mol. The molecule has 2 aromatic rings. The van der Waals surface area contributed by atoms with E-state index in [1.165, 1.54) is 11.1 Å². The first-order valence-corrected chi connectivity index (χ1v) is 12.8. The molecule has 0 aliphatic carbocycles. The van der Waals surface area contributed by atoms with Gasteiger partial charge < -0.3 is 9.47 Å². The second-order valence-corrected chi connectivity index (χ2v) is 11.5. The van der Waals surface area contributed by atoms with Crippen LogP contribution in [0.5, 0.6) is 11.5 Å². The van der Waals surface area contributed by atoms with Gasteiger partial charge in [0.1, 0.15) is 5.75 Å². The van der Waals surface area contributed by atoms with Crippen LogP contribution in [0.15, 0.2) is 33.2 Å². The lowest BCUT2D eigenvalue weighted by molar-refractivity contribution is 0.245. The minimum atomic E-state index is 0.0340. The van der Waals surface area contributed by atoms with Gasteiger partial charge in [0, 0.05) is 6.42 Å². The Morgan fingerprint density at radius 2 is 1.16 bits per heavy atom. The van der Waals surface area contributed by atoms with E-state index in [4.69, 9.17) is 21.1 Å². The fourth-order valence-corrected chi connectivity index (χ4v) is 4.52. The number of aryl methyl sites for hydroxylation is 1. The van der Waals surface area contributed by atoms with E-state index in [-0.39, 0.29) is 10.8 Å². The number of hydrogen-bond donors (Lipinski definition) is 0. The summed E-state index contributed by atoms with van der Waals surface area (Å²) in [5.74, 6) is 1.58. The Morgan fingerprint density at radius 1 is 0.742 bits per heavy atom. The van der Waals surface area contributed by atoms with Gasteiger partial charge >= 0.3 is 0 Å². The summed E-state index contributed by atoms with van der Waals surface area (Å²) in [6.45, 7) is 20.3. The average molecular weight is 577 g/mol. The molecular formula is C26H37Br2ClO2. The van der Waals surface area contributed by atoms with Crippen LogP contribution >= 0.6 is 43.5 Å². The van der Waals surface area contributed by atoms with Crippen LogP contribution in [0.4, 0.5) is 0 Å². The van der Waals surface area contributed by atoms with Crippen molar-refractivity contribution in [1.29, 1.82) is 0 Å². The summed E-state index contributed by atoms with van der Waals surface area (Å²) in [5, 5.41) is 0.626. The van der Waals surface area contributed by atoms with Crippen LogP contribution in [0.25, 0.3) is 0 Å². The molecule has 0 N–H and O–H groups in total. The molecule has 0 saturated heterocycles. The van der Waals surface area contributed by atoms with Gasteiger partial charge in [-0.3, -0.25) is 0 Å². The van der Waals surface area contributed by atoms with Crippen LogP contribution in [0.2, 0.25) is 5.02 Å². The van der Waals surface area contributed by atoms with Gasteiger partial charge in [-0.1, -0.05) is 73.1 Å². The van der Waals surface area contributed by atoms with Gasteiger partial charge in [0.25, 0.3) is 0 Å². The van der Waals surface area contributed by atoms with E-state index >= 15 is 0 Å². The largest absolute Gasteiger partial charge is 0.492 e. The molecule has 0 aliphatic heterocycles. The average Bonchev–Trinajstić information content (AvgIpc) is 2.65. The van der Waals surface area contributed by atoms with Gasteiger partial charge in [-0.15, -0.1) is 0 Å². The maximum atomic E-state index is 6.45. The lowest BCUT2D eigenvalue weighted by Crippen LogP contribution is -2.12. The van der Waals surface area contributed by atoms with Crippen LogP contribution in [0, 0.1) is 6.92 Å².